The molecule has 0 radical (unpaired) electrons. The molecule has 1 aliphatic rings. The van der Waals surface area contributed by atoms with Crippen molar-refractivity contribution in [3.63, 3.8) is 0 Å². The summed E-state index contributed by atoms with van der Waals surface area (Å²) in [7, 11) is -3.95. The Morgan fingerprint density at radius 3 is 2.09 bits per heavy atom. The Labute approximate surface area is 132 Å². The summed E-state index contributed by atoms with van der Waals surface area (Å²) in [6.45, 7) is 6.77. The molecule has 1 aromatic rings. The van der Waals surface area contributed by atoms with Crippen molar-refractivity contribution in [3.05, 3.63) is 20.9 Å². The number of ether oxygens (including phenoxy) is 2. The van der Waals surface area contributed by atoms with Crippen molar-refractivity contribution in [3.8, 4) is 0 Å². The standard InChI is InChI=1S/C14H16O6S2/c1-5-19-12(15)10-7(3)9-8(4)11(13(16)20-6-2)22(17,18)14(9)21-10/h5-6H2,1-4H3. The molecule has 1 aliphatic heterocycles. The van der Waals surface area contributed by atoms with Crippen LogP contribution in [0.5, 0.6) is 0 Å². The summed E-state index contributed by atoms with van der Waals surface area (Å²) in [4.78, 5) is 23.7. The molecule has 0 bridgehead atoms. The number of rotatable bonds is 4. The van der Waals surface area contributed by atoms with Gasteiger partial charge < -0.3 is 9.47 Å². The third-order valence-corrected chi connectivity index (χ3v) is 6.94. The maximum absolute atomic E-state index is 12.6. The van der Waals surface area contributed by atoms with Crippen LogP contribution in [0.1, 0.15) is 41.6 Å². The minimum absolute atomic E-state index is 0.00797. The Kier molecular flexibility index (Phi) is 4.44. The molecule has 0 spiro atoms. The summed E-state index contributed by atoms with van der Waals surface area (Å²) < 4.78 is 34.9. The molecule has 0 unspecified atom stereocenters. The lowest BCUT2D eigenvalue weighted by Crippen LogP contribution is -2.14. The van der Waals surface area contributed by atoms with E-state index < -0.39 is 21.8 Å². The van der Waals surface area contributed by atoms with Crippen LogP contribution in [0.3, 0.4) is 0 Å². The average molecular weight is 344 g/mol. The number of esters is 2. The van der Waals surface area contributed by atoms with Crippen molar-refractivity contribution in [1.29, 1.82) is 0 Å². The second kappa shape index (κ2) is 5.85. The quantitative estimate of drug-likeness (QED) is 0.779. The Morgan fingerprint density at radius 2 is 1.59 bits per heavy atom. The molecule has 2 rings (SSSR count). The summed E-state index contributed by atoms with van der Waals surface area (Å²) >= 11 is 0.835. The molecule has 0 amide bonds. The zero-order chi connectivity index (χ0) is 16.7. The number of hydrogen-bond donors (Lipinski definition) is 0. The smallest absolute Gasteiger partial charge is 0.350 e. The van der Waals surface area contributed by atoms with Gasteiger partial charge in [-0.05, 0) is 38.8 Å². The normalized spacial score (nSPS) is 15.6. The highest BCUT2D eigenvalue weighted by Gasteiger charge is 2.43. The molecule has 0 aromatic carbocycles. The van der Waals surface area contributed by atoms with Crippen molar-refractivity contribution < 1.29 is 27.5 Å². The summed E-state index contributed by atoms with van der Waals surface area (Å²) in [5.74, 6) is -1.42. The molecule has 0 aliphatic carbocycles. The average Bonchev–Trinajstić information content (AvgIpc) is 2.86. The van der Waals surface area contributed by atoms with Crippen LogP contribution in [-0.2, 0) is 24.1 Å². The second-order valence-electron chi connectivity index (χ2n) is 4.62. The Morgan fingerprint density at radius 1 is 1.05 bits per heavy atom. The highest BCUT2D eigenvalue weighted by molar-refractivity contribution is 7.98. The maximum Gasteiger partial charge on any atom is 0.350 e. The zero-order valence-corrected chi connectivity index (χ0v) is 14.3. The van der Waals surface area contributed by atoms with Crippen LogP contribution >= 0.6 is 11.3 Å². The lowest BCUT2D eigenvalue weighted by Gasteiger charge is -2.05. The van der Waals surface area contributed by atoms with Gasteiger partial charge in [-0.25, -0.2) is 18.0 Å². The van der Waals surface area contributed by atoms with Crippen LogP contribution in [0.2, 0.25) is 0 Å². The molecule has 0 saturated carbocycles. The van der Waals surface area contributed by atoms with Crippen LogP contribution in [0.25, 0.3) is 5.57 Å². The number of carbonyl (C=O) groups is 2. The van der Waals surface area contributed by atoms with E-state index >= 15 is 0 Å². The van der Waals surface area contributed by atoms with E-state index in [0.29, 0.717) is 16.7 Å². The maximum atomic E-state index is 12.6. The monoisotopic (exact) mass is 344 g/mol. The Balaban J connectivity index is 2.63. The van der Waals surface area contributed by atoms with E-state index in [1.54, 1.807) is 27.7 Å². The summed E-state index contributed by atoms with van der Waals surface area (Å²) in [6, 6.07) is 0. The number of hydrogen-bond acceptors (Lipinski definition) is 7. The number of allylic oxidation sites excluding steroid dienone is 1. The number of carbonyl (C=O) groups excluding carboxylic acids is 2. The fourth-order valence-corrected chi connectivity index (χ4v) is 5.84. The first-order valence-corrected chi connectivity index (χ1v) is 9.01. The van der Waals surface area contributed by atoms with Gasteiger partial charge in [-0.15, -0.1) is 11.3 Å². The number of sulfone groups is 1. The lowest BCUT2D eigenvalue weighted by atomic mass is 10.1. The topological polar surface area (TPSA) is 86.7 Å². The van der Waals surface area contributed by atoms with Crippen LogP contribution in [-0.4, -0.2) is 33.6 Å². The number of thiophene rings is 1. The van der Waals surface area contributed by atoms with Crippen LogP contribution in [0.15, 0.2) is 9.11 Å². The van der Waals surface area contributed by atoms with Gasteiger partial charge in [0.2, 0.25) is 9.84 Å². The third kappa shape index (κ3) is 2.36. The highest BCUT2D eigenvalue weighted by atomic mass is 32.2. The molecule has 0 saturated heterocycles. The van der Waals surface area contributed by atoms with Gasteiger partial charge in [0.1, 0.15) is 9.09 Å². The first-order chi connectivity index (χ1) is 10.3. The van der Waals surface area contributed by atoms with Crippen molar-refractivity contribution >= 4 is 38.7 Å². The molecule has 0 atom stereocenters. The van der Waals surface area contributed by atoms with Crippen LogP contribution in [0, 0.1) is 6.92 Å². The van der Waals surface area contributed by atoms with Crippen molar-refractivity contribution in [2.75, 3.05) is 13.2 Å². The van der Waals surface area contributed by atoms with E-state index in [1.807, 2.05) is 0 Å². The lowest BCUT2D eigenvalue weighted by molar-refractivity contribution is -0.137. The summed E-state index contributed by atoms with van der Waals surface area (Å²) in [6.07, 6.45) is 0. The summed E-state index contributed by atoms with van der Waals surface area (Å²) in [5, 5.41) is 0. The van der Waals surface area contributed by atoms with E-state index in [-0.39, 0.29) is 27.2 Å². The molecular weight excluding hydrogens is 328 g/mol. The molecule has 0 N–H and O–H groups in total. The minimum atomic E-state index is -3.95. The van der Waals surface area contributed by atoms with Gasteiger partial charge in [-0.3, -0.25) is 0 Å². The number of fused-ring (bicyclic) bond motifs is 1. The molecule has 6 nitrogen and oxygen atoms in total. The van der Waals surface area contributed by atoms with Gasteiger partial charge >= 0.3 is 11.9 Å². The summed E-state index contributed by atoms with van der Waals surface area (Å²) in [5.41, 5.74) is 1.24. The van der Waals surface area contributed by atoms with Gasteiger partial charge in [0.15, 0.2) is 4.91 Å². The molecule has 8 heteroatoms. The Hall–Kier alpha value is -1.67. The van der Waals surface area contributed by atoms with Gasteiger partial charge in [0.25, 0.3) is 0 Å². The molecule has 1 aromatic heterocycles. The van der Waals surface area contributed by atoms with Gasteiger partial charge in [-0.2, -0.15) is 0 Å². The van der Waals surface area contributed by atoms with E-state index in [1.165, 1.54) is 0 Å². The van der Waals surface area contributed by atoms with Gasteiger partial charge in [0, 0.05) is 5.56 Å². The molecule has 120 valence electrons. The van der Waals surface area contributed by atoms with Gasteiger partial charge in [0.05, 0.1) is 13.2 Å². The first-order valence-electron chi connectivity index (χ1n) is 6.71. The molecular formula is C14H16O6S2. The van der Waals surface area contributed by atoms with Crippen LogP contribution in [0.4, 0.5) is 0 Å². The van der Waals surface area contributed by atoms with Crippen molar-refractivity contribution in [2.45, 2.75) is 31.9 Å². The predicted octanol–water partition coefficient (Wildman–Crippen LogP) is 2.31. The van der Waals surface area contributed by atoms with Crippen molar-refractivity contribution in [1.82, 2.24) is 0 Å². The van der Waals surface area contributed by atoms with E-state index in [9.17, 15) is 18.0 Å². The second-order valence-corrected chi connectivity index (χ2v) is 7.72. The van der Waals surface area contributed by atoms with E-state index in [4.69, 9.17) is 9.47 Å². The SMILES string of the molecule is CCOC(=O)C1=C(C)c2c(sc(C(=O)OCC)c2C)S1(=O)=O. The fourth-order valence-electron chi connectivity index (χ4n) is 2.37. The first kappa shape index (κ1) is 16.7. The third-order valence-electron chi connectivity index (χ3n) is 3.26. The predicted molar refractivity (Wildman–Crippen MR) is 81.4 cm³/mol. The van der Waals surface area contributed by atoms with Gasteiger partial charge in [-0.1, -0.05) is 0 Å². The molecule has 2 heterocycles. The largest absolute Gasteiger partial charge is 0.462 e. The van der Waals surface area contributed by atoms with E-state index in [2.05, 4.69) is 0 Å². The Bertz CT molecular complexity index is 783. The van der Waals surface area contributed by atoms with Crippen molar-refractivity contribution in [2.24, 2.45) is 0 Å². The highest BCUT2D eigenvalue weighted by Crippen LogP contribution is 2.47. The molecule has 0 fully saturated rings. The molecule has 22 heavy (non-hydrogen) atoms. The fraction of sp³-hybridized carbons (Fsp3) is 0.429. The van der Waals surface area contributed by atoms with Crippen LogP contribution < -0.4 is 0 Å². The minimum Gasteiger partial charge on any atom is -0.462 e. The van der Waals surface area contributed by atoms with E-state index in [0.717, 1.165) is 11.3 Å². The zero-order valence-electron chi connectivity index (χ0n) is 12.7.